The molecule has 1 spiro atoms. The van der Waals surface area contributed by atoms with Crippen molar-refractivity contribution >= 4 is 19.9 Å². The Kier molecular flexibility index (Phi) is 4.24. The Hall–Kier alpha value is -1.00. The maximum Gasteiger partial charge on any atom is 0.240 e. The molecule has 0 saturated carbocycles. The van der Waals surface area contributed by atoms with E-state index in [-0.39, 0.29) is 27.4 Å². The van der Waals surface area contributed by atoms with Crippen molar-refractivity contribution in [2.75, 3.05) is 32.9 Å². The van der Waals surface area contributed by atoms with Gasteiger partial charge < -0.3 is 9.64 Å². The summed E-state index contributed by atoms with van der Waals surface area (Å²) in [5.41, 5.74) is -0.0906. The summed E-state index contributed by atoms with van der Waals surface area (Å²) in [5, 5.41) is 0. The van der Waals surface area contributed by atoms with Gasteiger partial charge in [0.15, 0.2) is 9.84 Å². The number of fused-ring (bicyclic) bond motifs is 1. The fourth-order valence-corrected chi connectivity index (χ4v) is 6.55. The van der Waals surface area contributed by atoms with Crippen molar-refractivity contribution in [2.24, 2.45) is 11.8 Å². The van der Waals surface area contributed by atoms with Crippen molar-refractivity contribution in [2.45, 2.75) is 34.3 Å². The van der Waals surface area contributed by atoms with Crippen molar-refractivity contribution < 1.29 is 21.6 Å². The molecule has 0 radical (unpaired) electrons. The Labute approximate surface area is 154 Å². The monoisotopic (exact) mass is 400 g/mol. The molecular formula is C17H24N2O5S2. The van der Waals surface area contributed by atoms with Crippen LogP contribution in [0, 0.1) is 11.8 Å². The minimum absolute atomic E-state index is 0.0761. The molecule has 3 fully saturated rings. The quantitative estimate of drug-likeness (QED) is 0.773. The van der Waals surface area contributed by atoms with Gasteiger partial charge in [0.1, 0.15) is 0 Å². The van der Waals surface area contributed by atoms with Gasteiger partial charge in [-0.15, -0.1) is 0 Å². The summed E-state index contributed by atoms with van der Waals surface area (Å²) in [5.74, 6) is 0.542. The van der Waals surface area contributed by atoms with Crippen LogP contribution in [0.25, 0.3) is 0 Å². The van der Waals surface area contributed by atoms with Gasteiger partial charge in [-0.3, -0.25) is 0 Å². The third-order valence-electron chi connectivity index (χ3n) is 6.03. The highest BCUT2D eigenvalue weighted by atomic mass is 32.2. The molecule has 0 aromatic heterocycles. The van der Waals surface area contributed by atoms with Crippen molar-refractivity contribution in [3.05, 3.63) is 24.3 Å². The van der Waals surface area contributed by atoms with Crippen molar-refractivity contribution in [3.8, 4) is 0 Å². The van der Waals surface area contributed by atoms with Crippen LogP contribution in [-0.4, -0.2) is 66.4 Å². The van der Waals surface area contributed by atoms with E-state index >= 15 is 0 Å². The Morgan fingerprint density at radius 2 is 1.85 bits per heavy atom. The highest BCUT2D eigenvalue weighted by Crippen LogP contribution is 2.54. The van der Waals surface area contributed by atoms with E-state index < -0.39 is 19.9 Å². The largest absolute Gasteiger partial charge is 0.370 e. The average Bonchev–Trinajstić information content (AvgIpc) is 3.19. The minimum atomic E-state index is -3.69. The number of likely N-dealkylation sites (N-methyl/N-ethyl adjacent to an activating group) is 1. The minimum Gasteiger partial charge on any atom is -0.370 e. The van der Waals surface area contributed by atoms with Crippen LogP contribution in [0.1, 0.15) is 12.8 Å². The lowest BCUT2D eigenvalue weighted by Gasteiger charge is -2.29. The summed E-state index contributed by atoms with van der Waals surface area (Å²) < 4.78 is 57.2. The molecule has 0 amide bonds. The summed E-state index contributed by atoms with van der Waals surface area (Å²) in [6, 6.07) is 5.32. The van der Waals surface area contributed by atoms with E-state index in [1.807, 2.05) is 0 Å². The molecule has 2 bridgehead atoms. The molecule has 0 unspecified atom stereocenters. The number of nitrogens with zero attached hydrogens (tertiary/aromatic N) is 1. The zero-order valence-electron chi connectivity index (χ0n) is 14.9. The molecule has 1 N–H and O–H groups in total. The van der Waals surface area contributed by atoms with Gasteiger partial charge in [0.05, 0.1) is 21.5 Å². The van der Waals surface area contributed by atoms with Crippen LogP contribution >= 0.6 is 0 Å². The van der Waals surface area contributed by atoms with Crippen molar-refractivity contribution in [1.29, 1.82) is 0 Å². The summed E-state index contributed by atoms with van der Waals surface area (Å²) >= 11 is 0. The first-order valence-corrected chi connectivity index (χ1v) is 12.1. The molecule has 4 atom stereocenters. The summed E-state index contributed by atoms with van der Waals surface area (Å²) in [6.07, 6.45) is 3.27. The van der Waals surface area contributed by atoms with Crippen molar-refractivity contribution in [3.63, 3.8) is 0 Å². The molecule has 4 rings (SSSR count). The lowest BCUT2D eigenvalue weighted by molar-refractivity contribution is 0.00479. The van der Waals surface area contributed by atoms with E-state index in [1.54, 1.807) is 0 Å². The number of benzene rings is 1. The maximum atomic E-state index is 12.6. The number of nitrogens with one attached hydrogen (secondary N) is 1. The van der Waals surface area contributed by atoms with E-state index in [0.717, 1.165) is 32.2 Å². The molecule has 26 heavy (non-hydrogen) atoms. The molecule has 3 aliphatic heterocycles. The fraction of sp³-hybridized carbons (Fsp3) is 0.647. The number of hydrogen-bond acceptors (Lipinski definition) is 6. The average molecular weight is 401 g/mol. The molecule has 7 nitrogen and oxygen atoms in total. The smallest absolute Gasteiger partial charge is 0.240 e. The third-order valence-corrected chi connectivity index (χ3v) is 8.59. The zero-order chi connectivity index (χ0) is 18.7. The first-order chi connectivity index (χ1) is 12.1. The summed E-state index contributed by atoms with van der Waals surface area (Å²) in [7, 11) is -4.96. The number of rotatable bonds is 5. The van der Waals surface area contributed by atoms with Gasteiger partial charge in [-0.05, 0) is 44.2 Å². The lowest BCUT2D eigenvalue weighted by atomic mass is 9.74. The van der Waals surface area contributed by atoms with Gasteiger partial charge in [0, 0.05) is 37.7 Å². The van der Waals surface area contributed by atoms with Gasteiger partial charge in [0.25, 0.3) is 0 Å². The molecule has 1 aromatic carbocycles. The molecular weight excluding hydrogens is 376 g/mol. The van der Waals surface area contributed by atoms with E-state index in [2.05, 4.69) is 16.7 Å². The predicted molar refractivity (Wildman–Crippen MR) is 96.1 cm³/mol. The fourth-order valence-electron chi connectivity index (χ4n) is 4.85. The Morgan fingerprint density at radius 1 is 1.19 bits per heavy atom. The van der Waals surface area contributed by atoms with Crippen LogP contribution in [0.15, 0.2) is 34.1 Å². The van der Waals surface area contributed by atoms with Gasteiger partial charge >= 0.3 is 0 Å². The van der Waals surface area contributed by atoms with Gasteiger partial charge in [-0.2, -0.15) is 0 Å². The molecule has 9 heteroatoms. The molecule has 144 valence electrons. The topological polar surface area (TPSA) is 92.8 Å². The van der Waals surface area contributed by atoms with Gasteiger partial charge in [-0.25, -0.2) is 21.6 Å². The Bertz CT molecular complexity index is 913. The molecule has 1 aromatic rings. The molecule has 0 aliphatic carbocycles. The third kappa shape index (κ3) is 2.99. The number of sulfone groups is 1. The van der Waals surface area contributed by atoms with Crippen LogP contribution in [-0.2, 0) is 24.6 Å². The first-order valence-electron chi connectivity index (χ1n) is 8.77. The number of likely N-dealkylation sites (tertiary alicyclic amines) is 1. The van der Waals surface area contributed by atoms with Crippen LogP contribution in [0.3, 0.4) is 0 Å². The second kappa shape index (κ2) is 6.00. The lowest BCUT2D eigenvalue weighted by Crippen LogP contribution is -2.41. The zero-order valence-corrected chi connectivity index (χ0v) is 16.5. The van der Waals surface area contributed by atoms with Gasteiger partial charge in [0.2, 0.25) is 10.0 Å². The standard InChI is InChI=1S/C17H24N2O5S2/c1-19-10-15-14(16-7-8-17(15,11-19)24-16)9-18-26(22,23)13-5-3-12(4-6-13)25(2,20)21/h3-6,14-16,18H,7-11H2,1-2H3/t14-,15+,16+,17+/m0/s1. The van der Waals surface area contributed by atoms with Crippen LogP contribution in [0.5, 0.6) is 0 Å². The van der Waals surface area contributed by atoms with Crippen molar-refractivity contribution in [1.82, 2.24) is 9.62 Å². The van der Waals surface area contributed by atoms with E-state index in [1.165, 1.54) is 24.3 Å². The van der Waals surface area contributed by atoms with Crippen LogP contribution in [0.2, 0.25) is 0 Å². The molecule has 3 heterocycles. The second-order valence-electron chi connectivity index (χ2n) is 7.82. The predicted octanol–water partition coefficient (Wildman–Crippen LogP) is 0.478. The second-order valence-corrected chi connectivity index (χ2v) is 11.6. The highest BCUT2D eigenvalue weighted by molar-refractivity contribution is 7.90. The number of hydrogen-bond donors (Lipinski definition) is 1. The Morgan fingerprint density at radius 3 is 2.50 bits per heavy atom. The normalized spacial score (nSPS) is 34.3. The molecule has 3 aliphatic rings. The SMILES string of the molecule is CN1C[C@@H]2[C@H](CNS(=O)(=O)c3ccc(S(C)(=O)=O)cc3)[C@H]3CC[C@]2(C1)O3. The maximum absolute atomic E-state index is 12.6. The molecule has 3 saturated heterocycles. The summed E-state index contributed by atoms with van der Waals surface area (Å²) in [4.78, 5) is 2.44. The van der Waals surface area contributed by atoms with Crippen LogP contribution in [0.4, 0.5) is 0 Å². The number of sulfonamides is 1. The van der Waals surface area contributed by atoms with Gasteiger partial charge in [-0.1, -0.05) is 0 Å². The number of ether oxygens (including phenoxy) is 1. The van der Waals surface area contributed by atoms with E-state index in [4.69, 9.17) is 4.74 Å². The Balaban J connectivity index is 1.47. The van der Waals surface area contributed by atoms with E-state index in [0.29, 0.717) is 12.5 Å². The van der Waals surface area contributed by atoms with E-state index in [9.17, 15) is 16.8 Å². The summed E-state index contributed by atoms with van der Waals surface area (Å²) in [6.45, 7) is 2.21. The van der Waals surface area contributed by atoms with Crippen LogP contribution < -0.4 is 4.72 Å². The first kappa shape index (κ1) is 18.4. The highest BCUT2D eigenvalue weighted by Gasteiger charge is 2.62.